The first-order chi connectivity index (χ1) is 8.86. The number of ether oxygens (including phenoxy) is 1. The Morgan fingerprint density at radius 1 is 1.37 bits per heavy atom. The fraction of sp³-hybridized carbons (Fsp3) is 0.417. The highest BCUT2D eigenvalue weighted by atomic mass is 19.4. The van der Waals surface area contributed by atoms with E-state index in [4.69, 9.17) is 9.84 Å². The van der Waals surface area contributed by atoms with Gasteiger partial charge in [0, 0.05) is 7.11 Å². The van der Waals surface area contributed by atoms with Crippen molar-refractivity contribution < 1.29 is 27.8 Å². The molecule has 0 saturated carbocycles. The third kappa shape index (κ3) is 4.53. The van der Waals surface area contributed by atoms with E-state index in [2.05, 4.69) is 0 Å². The molecule has 0 spiro atoms. The van der Waals surface area contributed by atoms with Crippen LogP contribution in [0.3, 0.4) is 0 Å². The van der Waals surface area contributed by atoms with Gasteiger partial charge in [-0.3, -0.25) is 4.79 Å². The number of aliphatic hydroxyl groups excluding tert-OH is 1. The van der Waals surface area contributed by atoms with Crippen LogP contribution in [0.4, 0.5) is 13.2 Å². The number of aliphatic hydroxyl groups is 1. The van der Waals surface area contributed by atoms with Crippen LogP contribution in [0.25, 0.3) is 0 Å². The van der Waals surface area contributed by atoms with Crippen molar-refractivity contribution in [1.82, 2.24) is 5.32 Å². The second-order valence-electron chi connectivity index (χ2n) is 3.83. The van der Waals surface area contributed by atoms with E-state index < -0.39 is 30.8 Å². The van der Waals surface area contributed by atoms with Gasteiger partial charge in [-0.1, -0.05) is 30.3 Å². The predicted molar refractivity (Wildman–Crippen MR) is 61.3 cm³/mol. The third-order valence-corrected chi connectivity index (χ3v) is 2.42. The van der Waals surface area contributed by atoms with Crippen LogP contribution >= 0.6 is 0 Å². The van der Waals surface area contributed by atoms with Crippen LogP contribution in [0.15, 0.2) is 30.3 Å². The Hall–Kier alpha value is -1.60. The number of carbonyl (C=O) groups excluding carboxylic acids is 1. The van der Waals surface area contributed by atoms with Gasteiger partial charge in [0.2, 0.25) is 0 Å². The van der Waals surface area contributed by atoms with Gasteiger partial charge in [-0.15, -0.1) is 0 Å². The maximum absolute atomic E-state index is 12.1. The van der Waals surface area contributed by atoms with Gasteiger partial charge in [-0.05, 0) is 5.56 Å². The van der Waals surface area contributed by atoms with Crippen molar-refractivity contribution in [1.29, 1.82) is 0 Å². The van der Waals surface area contributed by atoms with Crippen molar-refractivity contribution in [3.8, 4) is 0 Å². The third-order valence-electron chi connectivity index (χ3n) is 2.42. The number of methoxy groups -OCH3 is 1. The number of benzene rings is 1. The average molecular weight is 277 g/mol. The number of carbonyl (C=O) groups is 1. The van der Waals surface area contributed by atoms with Crippen molar-refractivity contribution in [2.24, 2.45) is 0 Å². The number of rotatable bonds is 5. The zero-order valence-corrected chi connectivity index (χ0v) is 10.1. The molecule has 2 atom stereocenters. The Bertz CT molecular complexity index is 408. The number of amides is 1. The largest absolute Gasteiger partial charge is 0.416 e. The van der Waals surface area contributed by atoms with Gasteiger partial charge in [0.1, 0.15) is 0 Å². The summed E-state index contributed by atoms with van der Waals surface area (Å²) in [5.74, 6) is -0.739. The molecule has 4 nitrogen and oxygen atoms in total. The highest BCUT2D eigenvalue weighted by molar-refractivity contribution is 5.82. The fourth-order valence-electron chi connectivity index (χ4n) is 1.43. The minimum Gasteiger partial charge on any atom is -0.382 e. The summed E-state index contributed by atoms with van der Waals surface area (Å²) in [6.45, 7) is -0.908. The first kappa shape index (κ1) is 15.5. The molecule has 2 N–H and O–H groups in total. The van der Waals surface area contributed by atoms with E-state index in [1.54, 1.807) is 30.3 Å². The van der Waals surface area contributed by atoms with Crippen LogP contribution in [0, 0.1) is 0 Å². The monoisotopic (exact) mass is 277 g/mol. The molecule has 0 aliphatic carbocycles. The SMILES string of the molecule is COC(C(=O)NCC(O)C(F)(F)F)c1ccccc1. The number of alkyl halides is 3. The number of halogens is 3. The molecule has 0 saturated heterocycles. The van der Waals surface area contributed by atoms with E-state index in [-0.39, 0.29) is 0 Å². The number of nitrogens with one attached hydrogen (secondary N) is 1. The quantitative estimate of drug-likeness (QED) is 0.855. The van der Waals surface area contributed by atoms with E-state index in [1.807, 2.05) is 5.32 Å². The smallest absolute Gasteiger partial charge is 0.382 e. The molecule has 7 heteroatoms. The predicted octanol–water partition coefficient (Wildman–Crippen LogP) is 1.41. The summed E-state index contributed by atoms with van der Waals surface area (Å²) >= 11 is 0. The number of hydrogen-bond acceptors (Lipinski definition) is 3. The lowest BCUT2D eigenvalue weighted by atomic mass is 10.1. The van der Waals surface area contributed by atoms with Crippen LogP contribution in [-0.2, 0) is 9.53 Å². The Kier molecular flexibility index (Phi) is 5.31. The zero-order chi connectivity index (χ0) is 14.5. The summed E-state index contributed by atoms with van der Waals surface area (Å²) in [7, 11) is 1.28. The van der Waals surface area contributed by atoms with E-state index in [1.165, 1.54) is 7.11 Å². The van der Waals surface area contributed by atoms with E-state index >= 15 is 0 Å². The first-order valence-electron chi connectivity index (χ1n) is 5.46. The van der Waals surface area contributed by atoms with Crippen LogP contribution in [0.2, 0.25) is 0 Å². The van der Waals surface area contributed by atoms with E-state index in [0.29, 0.717) is 5.56 Å². The summed E-state index contributed by atoms with van der Waals surface area (Å²) in [6.07, 6.45) is -8.37. The van der Waals surface area contributed by atoms with E-state index in [9.17, 15) is 18.0 Å². The summed E-state index contributed by atoms with van der Waals surface area (Å²) in [4.78, 5) is 11.7. The zero-order valence-electron chi connectivity index (χ0n) is 10.1. The molecule has 0 radical (unpaired) electrons. The highest BCUT2D eigenvalue weighted by Crippen LogP contribution is 2.20. The molecule has 0 fully saturated rings. The normalized spacial score (nSPS) is 14.8. The molecule has 0 aliphatic heterocycles. The molecule has 106 valence electrons. The van der Waals surface area contributed by atoms with Gasteiger partial charge in [-0.25, -0.2) is 0 Å². The molecule has 1 rings (SSSR count). The van der Waals surface area contributed by atoms with Crippen LogP contribution in [-0.4, -0.2) is 36.9 Å². The number of hydrogen-bond donors (Lipinski definition) is 2. The van der Waals surface area contributed by atoms with Crippen molar-refractivity contribution in [3.63, 3.8) is 0 Å². The van der Waals surface area contributed by atoms with Crippen molar-refractivity contribution in [2.45, 2.75) is 18.4 Å². The molecule has 1 amide bonds. The standard InChI is InChI=1S/C12H14F3NO3/c1-19-10(8-5-3-2-4-6-8)11(18)16-7-9(17)12(13,14)15/h2-6,9-10,17H,7H2,1H3,(H,16,18). The molecule has 0 bridgehead atoms. The first-order valence-corrected chi connectivity index (χ1v) is 5.46. The van der Waals surface area contributed by atoms with Gasteiger partial charge in [0.05, 0.1) is 6.54 Å². The van der Waals surface area contributed by atoms with Crippen LogP contribution < -0.4 is 5.32 Å². The molecule has 1 aromatic carbocycles. The lowest BCUT2D eigenvalue weighted by Gasteiger charge is -2.18. The maximum Gasteiger partial charge on any atom is 0.416 e. The summed E-state index contributed by atoms with van der Waals surface area (Å²) in [5.41, 5.74) is 0.518. The van der Waals surface area contributed by atoms with Gasteiger partial charge in [0.15, 0.2) is 12.2 Å². The minimum atomic E-state index is -4.76. The molecular weight excluding hydrogens is 263 g/mol. The molecule has 1 aromatic rings. The lowest BCUT2D eigenvalue weighted by molar-refractivity contribution is -0.202. The van der Waals surface area contributed by atoms with Gasteiger partial charge in [-0.2, -0.15) is 13.2 Å². The van der Waals surface area contributed by atoms with Crippen LogP contribution in [0.5, 0.6) is 0 Å². The Labute approximate surface area is 108 Å². The second kappa shape index (κ2) is 6.53. The van der Waals surface area contributed by atoms with Crippen LogP contribution in [0.1, 0.15) is 11.7 Å². The average Bonchev–Trinajstić information content (AvgIpc) is 2.37. The molecule has 2 unspecified atom stereocenters. The van der Waals surface area contributed by atoms with Gasteiger partial charge >= 0.3 is 6.18 Å². The van der Waals surface area contributed by atoms with E-state index in [0.717, 1.165) is 0 Å². The Morgan fingerprint density at radius 2 is 1.95 bits per heavy atom. The van der Waals surface area contributed by atoms with Crippen molar-refractivity contribution in [3.05, 3.63) is 35.9 Å². The Balaban J connectivity index is 2.61. The molecule has 0 aliphatic rings. The highest BCUT2D eigenvalue weighted by Gasteiger charge is 2.38. The minimum absolute atomic E-state index is 0.518. The summed E-state index contributed by atoms with van der Waals surface area (Å²) in [6, 6.07) is 8.34. The fourth-order valence-corrected chi connectivity index (χ4v) is 1.43. The summed E-state index contributed by atoms with van der Waals surface area (Å²) < 4.78 is 41.2. The van der Waals surface area contributed by atoms with Gasteiger partial charge in [0.25, 0.3) is 5.91 Å². The molecule has 0 aromatic heterocycles. The topological polar surface area (TPSA) is 58.6 Å². The van der Waals surface area contributed by atoms with Gasteiger partial charge < -0.3 is 15.2 Å². The van der Waals surface area contributed by atoms with Crippen molar-refractivity contribution in [2.75, 3.05) is 13.7 Å². The molecule has 19 heavy (non-hydrogen) atoms. The molecular formula is C12H14F3NO3. The maximum atomic E-state index is 12.1. The lowest BCUT2D eigenvalue weighted by Crippen LogP contribution is -2.42. The second-order valence-corrected chi connectivity index (χ2v) is 3.83. The molecule has 0 heterocycles. The van der Waals surface area contributed by atoms with Crippen molar-refractivity contribution >= 4 is 5.91 Å². The summed E-state index contributed by atoms with van der Waals surface area (Å²) in [5, 5.41) is 10.8. The Morgan fingerprint density at radius 3 is 2.42 bits per heavy atom.